The molecule has 0 bridgehead atoms. The van der Waals surface area contributed by atoms with E-state index in [1.54, 1.807) is 31.2 Å². The molecule has 3 heterocycles. The topological polar surface area (TPSA) is 95.4 Å². The first-order valence-electron chi connectivity index (χ1n) is 7.73. The molecule has 8 heteroatoms. The number of esters is 1. The van der Waals surface area contributed by atoms with Crippen LogP contribution in [0.5, 0.6) is 0 Å². The van der Waals surface area contributed by atoms with Crippen molar-refractivity contribution in [2.75, 3.05) is 0 Å². The van der Waals surface area contributed by atoms with Gasteiger partial charge < -0.3 is 13.6 Å². The summed E-state index contributed by atoms with van der Waals surface area (Å²) in [6.07, 6.45) is -0.791. The number of rotatable bonds is 4. The number of benzene rings is 1. The van der Waals surface area contributed by atoms with E-state index in [1.165, 1.54) is 11.3 Å². The number of aromatic nitrogens is 2. The molecule has 1 aromatic carbocycles. The summed E-state index contributed by atoms with van der Waals surface area (Å²) in [7, 11) is 0. The number of hydrogen-bond acceptors (Lipinski definition) is 8. The standard InChI is InChI=1S/C18H12N2O5S/c1-10(16-19-20-17(25-16)15-7-4-8-26-15)23-18(22)14-9-12(21)11-5-2-3-6-13(11)24-14/h2-10H,1H3/t10-/m0/s1. The fraction of sp³-hybridized carbons (Fsp3) is 0.111. The van der Waals surface area contributed by atoms with Crippen molar-refractivity contribution in [2.45, 2.75) is 13.0 Å². The summed E-state index contributed by atoms with van der Waals surface area (Å²) in [6.45, 7) is 1.60. The highest BCUT2D eigenvalue weighted by atomic mass is 32.1. The third kappa shape index (κ3) is 3.02. The zero-order valence-corrected chi connectivity index (χ0v) is 14.4. The minimum absolute atomic E-state index is 0.157. The Hall–Kier alpha value is -3.26. The second-order valence-electron chi connectivity index (χ2n) is 5.44. The van der Waals surface area contributed by atoms with Gasteiger partial charge >= 0.3 is 5.97 Å². The molecule has 4 aromatic rings. The van der Waals surface area contributed by atoms with Gasteiger partial charge in [0.05, 0.1) is 10.3 Å². The molecule has 0 N–H and O–H groups in total. The minimum atomic E-state index is -0.791. The van der Waals surface area contributed by atoms with Crippen LogP contribution in [0.25, 0.3) is 21.7 Å². The molecule has 1 atom stereocenters. The van der Waals surface area contributed by atoms with Crippen LogP contribution in [-0.2, 0) is 4.74 Å². The highest BCUT2D eigenvalue weighted by Gasteiger charge is 2.22. The highest BCUT2D eigenvalue weighted by molar-refractivity contribution is 7.13. The molecule has 7 nitrogen and oxygen atoms in total. The van der Waals surface area contributed by atoms with E-state index in [4.69, 9.17) is 13.6 Å². The average Bonchev–Trinajstić information content (AvgIpc) is 3.33. The molecule has 0 aliphatic carbocycles. The van der Waals surface area contributed by atoms with Crippen molar-refractivity contribution in [3.05, 3.63) is 69.7 Å². The molecule has 0 spiro atoms. The first kappa shape index (κ1) is 16.2. The summed E-state index contributed by atoms with van der Waals surface area (Å²) < 4.78 is 16.3. The van der Waals surface area contributed by atoms with E-state index >= 15 is 0 Å². The lowest BCUT2D eigenvalue weighted by atomic mass is 10.2. The first-order valence-corrected chi connectivity index (χ1v) is 8.61. The maximum absolute atomic E-state index is 12.3. The Bertz CT molecular complexity index is 1130. The predicted octanol–water partition coefficient (Wildman–Crippen LogP) is 3.82. The number of carbonyl (C=O) groups excluding carboxylic acids is 1. The Labute approximate surface area is 150 Å². The van der Waals surface area contributed by atoms with E-state index in [2.05, 4.69) is 10.2 Å². The second-order valence-corrected chi connectivity index (χ2v) is 6.39. The second kappa shape index (κ2) is 6.57. The summed E-state index contributed by atoms with van der Waals surface area (Å²) >= 11 is 1.46. The molecule has 0 fully saturated rings. The number of ether oxygens (including phenoxy) is 1. The fourth-order valence-electron chi connectivity index (χ4n) is 2.37. The Balaban J connectivity index is 1.55. The van der Waals surface area contributed by atoms with Crippen LogP contribution >= 0.6 is 11.3 Å². The molecular weight excluding hydrogens is 356 g/mol. The number of nitrogens with zero attached hydrogens (tertiary/aromatic N) is 2. The first-order chi connectivity index (χ1) is 12.6. The van der Waals surface area contributed by atoms with Gasteiger partial charge in [0.15, 0.2) is 11.5 Å². The SMILES string of the molecule is C[C@H](OC(=O)c1cc(=O)c2ccccc2o1)c1nnc(-c2cccs2)o1. The quantitative estimate of drug-likeness (QED) is 0.505. The van der Waals surface area contributed by atoms with Crippen LogP contribution < -0.4 is 5.43 Å². The van der Waals surface area contributed by atoms with Crippen molar-refractivity contribution in [3.8, 4) is 10.8 Å². The zero-order valence-electron chi connectivity index (χ0n) is 13.5. The molecular formula is C18H12N2O5S. The van der Waals surface area contributed by atoms with Crippen LogP contribution in [0.4, 0.5) is 0 Å². The van der Waals surface area contributed by atoms with Crippen molar-refractivity contribution in [2.24, 2.45) is 0 Å². The number of carbonyl (C=O) groups is 1. The summed E-state index contributed by atoms with van der Waals surface area (Å²) in [6, 6.07) is 11.5. The largest absolute Gasteiger partial charge is 0.449 e. The number of fused-ring (bicyclic) bond motifs is 1. The molecule has 0 aliphatic rings. The molecule has 26 heavy (non-hydrogen) atoms. The minimum Gasteiger partial charge on any atom is -0.449 e. The van der Waals surface area contributed by atoms with E-state index in [-0.39, 0.29) is 17.1 Å². The van der Waals surface area contributed by atoms with Crippen LogP contribution in [0.3, 0.4) is 0 Å². The lowest BCUT2D eigenvalue weighted by Gasteiger charge is -2.09. The lowest BCUT2D eigenvalue weighted by Crippen LogP contribution is -2.12. The Kier molecular flexibility index (Phi) is 4.10. The normalized spacial score (nSPS) is 12.2. The predicted molar refractivity (Wildman–Crippen MR) is 93.9 cm³/mol. The Morgan fingerprint density at radius 2 is 2.00 bits per heavy atom. The van der Waals surface area contributed by atoms with E-state index in [1.807, 2.05) is 17.5 Å². The van der Waals surface area contributed by atoms with Gasteiger partial charge in [0.25, 0.3) is 11.8 Å². The van der Waals surface area contributed by atoms with Crippen LogP contribution in [0.15, 0.2) is 61.5 Å². The summed E-state index contributed by atoms with van der Waals surface area (Å²) in [5.41, 5.74) is 0.00148. The van der Waals surface area contributed by atoms with Crippen molar-refractivity contribution < 1.29 is 18.4 Å². The Morgan fingerprint density at radius 3 is 2.81 bits per heavy atom. The fourth-order valence-corrected chi connectivity index (χ4v) is 3.02. The molecule has 0 unspecified atom stereocenters. The lowest BCUT2D eigenvalue weighted by molar-refractivity contribution is 0.0245. The van der Waals surface area contributed by atoms with Crippen LogP contribution in [-0.4, -0.2) is 16.2 Å². The van der Waals surface area contributed by atoms with Crippen LogP contribution in [0, 0.1) is 0 Å². The van der Waals surface area contributed by atoms with Gasteiger partial charge in [-0.25, -0.2) is 4.79 Å². The van der Waals surface area contributed by atoms with Crippen molar-refractivity contribution in [1.29, 1.82) is 0 Å². The summed E-state index contributed by atoms with van der Waals surface area (Å²) in [4.78, 5) is 25.2. The number of thiophene rings is 1. The van der Waals surface area contributed by atoms with E-state index in [9.17, 15) is 9.59 Å². The van der Waals surface area contributed by atoms with Gasteiger partial charge in [-0.3, -0.25) is 4.79 Å². The molecule has 0 radical (unpaired) electrons. The highest BCUT2D eigenvalue weighted by Crippen LogP contribution is 2.26. The number of hydrogen-bond donors (Lipinski definition) is 0. The summed E-state index contributed by atoms with van der Waals surface area (Å²) in [5, 5.41) is 10.1. The molecule has 4 rings (SSSR count). The molecule has 0 aliphatic heterocycles. The van der Waals surface area contributed by atoms with Gasteiger partial charge in [-0.15, -0.1) is 21.5 Å². The van der Waals surface area contributed by atoms with Crippen molar-refractivity contribution in [1.82, 2.24) is 10.2 Å². The van der Waals surface area contributed by atoms with Gasteiger partial charge in [0, 0.05) is 6.07 Å². The van der Waals surface area contributed by atoms with E-state index < -0.39 is 12.1 Å². The number of para-hydroxylation sites is 1. The van der Waals surface area contributed by atoms with E-state index in [0.717, 1.165) is 10.9 Å². The maximum atomic E-state index is 12.3. The maximum Gasteiger partial charge on any atom is 0.375 e. The van der Waals surface area contributed by atoms with Gasteiger partial charge in [-0.05, 0) is 30.5 Å². The van der Waals surface area contributed by atoms with Gasteiger partial charge in [0.1, 0.15) is 5.58 Å². The molecule has 0 saturated carbocycles. The van der Waals surface area contributed by atoms with Gasteiger partial charge in [-0.1, -0.05) is 18.2 Å². The Morgan fingerprint density at radius 1 is 1.15 bits per heavy atom. The van der Waals surface area contributed by atoms with Gasteiger partial charge in [-0.2, -0.15) is 0 Å². The average molecular weight is 368 g/mol. The zero-order chi connectivity index (χ0) is 18.1. The van der Waals surface area contributed by atoms with Crippen molar-refractivity contribution >= 4 is 28.3 Å². The van der Waals surface area contributed by atoms with E-state index in [0.29, 0.717) is 16.9 Å². The van der Waals surface area contributed by atoms with Crippen LogP contribution in [0.1, 0.15) is 29.5 Å². The molecule has 0 saturated heterocycles. The molecule has 130 valence electrons. The third-order valence-electron chi connectivity index (χ3n) is 3.64. The van der Waals surface area contributed by atoms with Crippen LogP contribution in [0.2, 0.25) is 0 Å². The monoisotopic (exact) mass is 368 g/mol. The van der Waals surface area contributed by atoms with Gasteiger partial charge in [0.2, 0.25) is 5.76 Å². The molecule has 3 aromatic heterocycles. The summed E-state index contributed by atoms with van der Waals surface area (Å²) in [5.74, 6) is -0.449. The van der Waals surface area contributed by atoms with Crippen molar-refractivity contribution in [3.63, 3.8) is 0 Å². The smallest absolute Gasteiger partial charge is 0.375 e. The third-order valence-corrected chi connectivity index (χ3v) is 4.50. The molecule has 0 amide bonds.